The number of carboxylic acids is 1. The minimum absolute atomic E-state index is 0.0472. The van der Waals surface area contributed by atoms with Crippen LogP contribution in [0.15, 0.2) is 99.9 Å². The van der Waals surface area contributed by atoms with Gasteiger partial charge in [0.05, 0.1) is 22.6 Å². The van der Waals surface area contributed by atoms with Crippen molar-refractivity contribution in [3.63, 3.8) is 0 Å². The van der Waals surface area contributed by atoms with E-state index in [0.717, 1.165) is 15.6 Å². The van der Waals surface area contributed by atoms with Gasteiger partial charge in [0.2, 0.25) is 10.0 Å². The van der Waals surface area contributed by atoms with E-state index in [2.05, 4.69) is 15.9 Å². The second-order valence-electron chi connectivity index (χ2n) is 7.73. The molecule has 0 radical (unpaired) electrons. The van der Waals surface area contributed by atoms with Crippen LogP contribution in [-0.4, -0.2) is 23.8 Å². The molecule has 32 heavy (non-hydrogen) atoms. The Kier molecular flexibility index (Phi) is 6.33. The summed E-state index contributed by atoms with van der Waals surface area (Å²) >= 11 is 3.43. The highest BCUT2D eigenvalue weighted by molar-refractivity contribution is 9.10. The van der Waals surface area contributed by atoms with Crippen LogP contribution in [0.3, 0.4) is 0 Å². The Morgan fingerprint density at radius 3 is 2.25 bits per heavy atom. The number of hydrogen-bond acceptors (Lipinski definition) is 3. The first kappa shape index (κ1) is 22.5. The van der Waals surface area contributed by atoms with Gasteiger partial charge in [-0.3, -0.25) is 0 Å². The molecular weight excluding hydrogens is 490 g/mol. The lowest BCUT2D eigenvalue weighted by molar-refractivity contribution is -0.133. The molecule has 5 nitrogen and oxygen atoms in total. The Balaban J connectivity index is 1.97. The number of halogens is 1. The van der Waals surface area contributed by atoms with E-state index < -0.39 is 28.1 Å². The average molecular weight is 512 g/mol. The molecule has 0 unspecified atom stereocenters. The van der Waals surface area contributed by atoms with Crippen LogP contribution in [0.5, 0.6) is 0 Å². The van der Waals surface area contributed by atoms with E-state index in [9.17, 15) is 18.3 Å². The van der Waals surface area contributed by atoms with Crippen LogP contribution in [0.25, 0.3) is 0 Å². The van der Waals surface area contributed by atoms with Crippen molar-refractivity contribution in [1.82, 2.24) is 4.31 Å². The van der Waals surface area contributed by atoms with Gasteiger partial charge < -0.3 is 5.11 Å². The molecule has 2 atom stereocenters. The molecule has 0 aromatic heterocycles. The van der Waals surface area contributed by atoms with E-state index in [0.29, 0.717) is 5.56 Å². The van der Waals surface area contributed by atoms with Gasteiger partial charge in [0.1, 0.15) is 0 Å². The summed E-state index contributed by atoms with van der Waals surface area (Å²) in [5.74, 6) is -1.13. The SMILES string of the molecule is Cc1ccc(S(=O)(=O)N2[C@@H](c3cccc(Br)c3)C(C(=O)O)=CC[C@H]2c2ccccc2)cc1. The number of rotatable bonds is 5. The zero-order valence-electron chi connectivity index (χ0n) is 17.4. The van der Waals surface area contributed by atoms with Gasteiger partial charge in [-0.15, -0.1) is 0 Å². The first-order valence-corrected chi connectivity index (χ1v) is 12.4. The number of nitrogens with zero attached hydrogens (tertiary/aromatic N) is 1. The number of carbonyl (C=O) groups is 1. The Bertz CT molecular complexity index is 1270. The molecule has 3 aromatic carbocycles. The predicted octanol–water partition coefficient (Wildman–Crippen LogP) is 5.65. The topological polar surface area (TPSA) is 74.7 Å². The van der Waals surface area contributed by atoms with Gasteiger partial charge in [0, 0.05) is 4.47 Å². The largest absolute Gasteiger partial charge is 0.478 e. The van der Waals surface area contributed by atoms with E-state index >= 15 is 0 Å². The zero-order valence-corrected chi connectivity index (χ0v) is 19.8. The molecule has 1 heterocycles. The van der Waals surface area contributed by atoms with Gasteiger partial charge in [-0.05, 0) is 48.7 Å². The van der Waals surface area contributed by atoms with Crippen molar-refractivity contribution < 1.29 is 18.3 Å². The molecule has 1 aliphatic rings. The molecule has 0 aliphatic carbocycles. The summed E-state index contributed by atoms with van der Waals surface area (Å²) in [6.07, 6.45) is 1.91. The third-order valence-electron chi connectivity index (χ3n) is 5.61. The molecule has 0 bridgehead atoms. The molecule has 0 fully saturated rings. The molecule has 164 valence electrons. The van der Waals surface area contributed by atoms with E-state index in [4.69, 9.17) is 0 Å². The van der Waals surface area contributed by atoms with Crippen LogP contribution >= 0.6 is 15.9 Å². The van der Waals surface area contributed by atoms with Gasteiger partial charge in [-0.2, -0.15) is 4.31 Å². The standard InChI is InChI=1S/C25H22BrNO4S/c1-17-10-12-21(13-11-17)32(30,31)27-23(18-6-3-2-4-7-18)15-14-22(25(28)29)24(27)19-8-5-9-20(26)16-19/h2-14,16,23-24H,15H2,1H3,(H,28,29)/t23-,24-/m0/s1. The minimum Gasteiger partial charge on any atom is -0.478 e. The van der Waals surface area contributed by atoms with E-state index in [1.165, 1.54) is 4.31 Å². The second-order valence-corrected chi connectivity index (χ2v) is 10.5. The number of carboxylic acid groups (broad SMARTS) is 1. The summed E-state index contributed by atoms with van der Waals surface area (Å²) in [6, 6.07) is 21.6. The number of benzene rings is 3. The average Bonchev–Trinajstić information content (AvgIpc) is 2.79. The van der Waals surface area contributed by atoms with Crippen LogP contribution < -0.4 is 0 Å². The van der Waals surface area contributed by atoms with E-state index in [1.807, 2.05) is 43.3 Å². The lowest BCUT2D eigenvalue weighted by Gasteiger charge is -2.40. The maximum atomic E-state index is 14.0. The molecule has 1 aliphatic heterocycles. The number of hydrogen-bond donors (Lipinski definition) is 1. The molecule has 0 spiro atoms. The third kappa shape index (κ3) is 4.28. The summed E-state index contributed by atoms with van der Waals surface area (Å²) in [5, 5.41) is 9.99. The van der Waals surface area contributed by atoms with Crippen LogP contribution in [0.4, 0.5) is 0 Å². The summed E-state index contributed by atoms with van der Waals surface area (Å²) in [7, 11) is -4.04. The van der Waals surface area contributed by atoms with Gasteiger partial charge in [-0.25, -0.2) is 13.2 Å². The molecular formula is C25H22BrNO4S. The monoisotopic (exact) mass is 511 g/mol. The molecule has 1 N–H and O–H groups in total. The van der Waals surface area contributed by atoms with Crippen molar-refractivity contribution in [2.75, 3.05) is 0 Å². The highest BCUT2D eigenvalue weighted by atomic mass is 79.9. The van der Waals surface area contributed by atoms with Gasteiger partial charge in [-0.1, -0.05) is 82.2 Å². The van der Waals surface area contributed by atoms with Crippen molar-refractivity contribution in [1.29, 1.82) is 0 Å². The van der Waals surface area contributed by atoms with Crippen LogP contribution in [0.1, 0.15) is 35.2 Å². The fourth-order valence-corrected chi connectivity index (χ4v) is 6.27. The Labute approximate surface area is 196 Å². The summed E-state index contributed by atoms with van der Waals surface area (Å²) in [5.41, 5.74) is 2.39. The van der Waals surface area contributed by atoms with E-state index in [-0.39, 0.29) is 16.9 Å². The lowest BCUT2D eigenvalue weighted by atomic mass is 9.89. The third-order valence-corrected chi connectivity index (χ3v) is 7.99. The van der Waals surface area contributed by atoms with Crippen molar-refractivity contribution in [2.45, 2.75) is 30.3 Å². The van der Waals surface area contributed by atoms with Crippen molar-refractivity contribution >= 4 is 31.9 Å². The summed E-state index contributed by atoms with van der Waals surface area (Å²) < 4.78 is 30.1. The Morgan fingerprint density at radius 2 is 1.62 bits per heavy atom. The second kappa shape index (κ2) is 9.02. The van der Waals surface area contributed by atoms with Crippen molar-refractivity contribution in [3.8, 4) is 0 Å². The number of aliphatic carboxylic acids is 1. The fourth-order valence-electron chi connectivity index (χ4n) is 4.08. The molecule has 4 rings (SSSR count). The van der Waals surface area contributed by atoms with Crippen LogP contribution in [0, 0.1) is 6.92 Å². The summed E-state index contributed by atoms with van der Waals surface area (Å²) in [4.78, 5) is 12.4. The van der Waals surface area contributed by atoms with Crippen LogP contribution in [0.2, 0.25) is 0 Å². The minimum atomic E-state index is -4.04. The number of aryl methyl sites for hydroxylation is 1. The highest BCUT2D eigenvalue weighted by Crippen LogP contribution is 2.45. The summed E-state index contributed by atoms with van der Waals surface area (Å²) in [6.45, 7) is 1.89. The normalized spacial score (nSPS) is 19.4. The molecule has 0 saturated heterocycles. The smallest absolute Gasteiger partial charge is 0.333 e. The molecule has 7 heteroatoms. The molecule has 0 saturated carbocycles. The van der Waals surface area contributed by atoms with Crippen LogP contribution in [-0.2, 0) is 14.8 Å². The maximum absolute atomic E-state index is 14.0. The molecule has 0 amide bonds. The number of sulfonamides is 1. The fraction of sp³-hybridized carbons (Fsp3) is 0.160. The van der Waals surface area contributed by atoms with Gasteiger partial charge >= 0.3 is 5.97 Å². The van der Waals surface area contributed by atoms with E-state index in [1.54, 1.807) is 48.5 Å². The highest BCUT2D eigenvalue weighted by Gasteiger charge is 2.44. The van der Waals surface area contributed by atoms with Crippen molar-refractivity contribution in [2.24, 2.45) is 0 Å². The zero-order chi connectivity index (χ0) is 22.9. The Hall–Kier alpha value is -2.74. The van der Waals surface area contributed by atoms with Gasteiger partial charge in [0.15, 0.2) is 0 Å². The first-order valence-electron chi connectivity index (χ1n) is 10.1. The Morgan fingerprint density at radius 1 is 0.969 bits per heavy atom. The molecule has 3 aromatic rings. The quantitative estimate of drug-likeness (QED) is 0.480. The maximum Gasteiger partial charge on any atom is 0.333 e. The first-order chi connectivity index (χ1) is 15.3. The predicted molar refractivity (Wildman–Crippen MR) is 127 cm³/mol. The van der Waals surface area contributed by atoms with Crippen molar-refractivity contribution in [3.05, 3.63) is 112 Å². The lowest BCUT2D eigenvalue weighted by Crippen LogP contribution is -2.42. The van der Waals surface area contributed by atoms with Gasteiger partial charge in [0.25, 0.3) is 0 Å².